The minimum Gasteiger partial charge on any atom is -0.350 e. The molecule has 2 atom stereocenters. The second kappa shape index (κ2) is 8.08. The smallest absolute Gasteiger partial charge is 0.158 e. The van der Waals surface area contributed by atoms with Crippen molar-refractivity contribution in [2.45, 2.75) is 90.6 Å². The van der Waals surface area contributed by atoms with Crippen molar-refractivity contribution in [1.29, 1.82) is 0 Å². The maximum atomic E-state index is 5.76. The van der Waals surface area contributed by atoms with Crippen LogP contribution in [0.4, 0.5) is 0 Å². The summed E-state index contributed by atoms with van der Waals surface area (Å²) in [7, 11) is 0. The topological polar surface area (TPSA) is 18.5 Å². The van der Waals surface area contributed by atoms with Crippen LogP contribution in [0.25, 0.3) is 0 Å². The molecule has 1 aliphatic heterocycles. The number of hydrogen-bond acceptors (Lipinski definition) is 2. The summed E-state index contributed by atoms with van der Waals surface area (Å²) in [4.78, 5) is 0. The summed E-state index contributed by atoms with van der Waals surface area (Å²) in [5, 5.41) is 0. The van der Waals surface area contributed by atoms with Crippen LogP contribution < -0.4 is 0 Å². The van der Waals surface area contributed by atoms with Crippen molar-refractivity contribution >= 4 is 0 Å². The van der Waals surface area contributed by atoms with Crippen molar-refractivity contribution in [3.63, 3.8) is 0 Å². The largest absolute Gasteiger partial charge is 0.350 e. The summed E-state index contributed by atoms with van der Waals surface area (Å²) in [6.07, 6.45) is 10.9. The Morgan fingerprint density at radius 3 is 2.06 bits per heavy atom. The van der Waals surface area contributed by atoms with E-state index >= 15 is 0 Å². The highest BCUT2D eigenvalue weighted by atomic mass is 16.7. The zero-order chi connectivity index (χ0) is 11.8. The molecule has 1 fully saturated rings. The molecule has 0 bridgehead atoms. The van der Waals surface area contributed by atoms with Crippen molar-refractivity contribution in [3.8, 4) is 0 Å². The molecule has 1 aliphatic rings. The SMILES string of the molecule is CCCCCCCCC1OC(C)CC(C)O1. The summed E-state index contributed by atoms with van der Waals surface area (Å²) < 4.78 is 11.5. The van der Waals surface area contributed by atoms with E-state index in [1.807, 2.05) is 0 Å². The van der Waals surface area contributed by atoms with Crippen LogP contribution in [-0.4, -0.2) is 18.5 Å². The molecule has 0 aliphatic carbocycles. The highest BCUT2D eigenvalue weighted by Gasteiger charge is 2.24. The Morgan fingerprint density at radius 1 is 0.875 bits per heavy atom. The third-order valence-electron chi connectivity index (χ3n) is 3.23. The van der Waals surface area contributed by atoms with Gasteiger partial charge in [-0.05, 0) is 33.1 Å². The third-order valence-corrected chi connectivity index (χ3v) is 3.23. The monoisotopic (exact) mass is 228 g/mol. The van der Waals surface area contributed by atoms with Crippen LogP contribution in [-0.2, 0) is 9.47 Å². The molecule has 16 heavy (non-hydrogen) atoms. The van der Waals surface area contributed by atoms with Crippen LogP contribution in [0, 0.1) is 0 Å². The van der Waals surface area contributed by atoms with E-state index in [2.05, 4.69) is 20.8 Å². The van der Waals surface area contributed by atoms with Crippen LogP contribution in [0.15, 0.2) is 0 Å². The Labute approximate surface area is 101 Å². The predicted octanol–water partition coefficient (Wildman–Crippen LogP) is 4.28. The van der Waals surface area contributed by atoms with Gasteiger partial charge in [-0.25, -0.2) is 0 Å². The second-order valence-electron chi connectivity index (χ2n) is 5.12. The maximum Gasteiger partial charge on any atom is 0.158 e. The summed E-state index contributed by atoms with van der Waals surface area (Å²) in [6, 6.07) is 0. The fourth-order valence-corrected chi connectivity index (χ4v) is 2.36. The highest BCUT2D eigenvalue weighted by Crippen LogP contribution is 2.21. The third kappa shape index (κ3) is 5.86. The maximum absolute atomic E-state index is 5.76. The number of unbranched alkanes of at least 4 members (excludes halogenated alkanes) is 5. The summed E-state index contributed by atoms with van der Waals surface area (Å²) >= 11 is 0. The molecule has 1 heterocycles. The predicted molar refractivity (Wildman–Crippen MR) is 67.5 cm³/mol. The van der Waals surface area contributed by atoms with Gasteiger partial charge in [0.2, 0.25) is 0 Å². The van der Waals surface area contributed by atoms with Crippen LogP contribution in [0.2, 0.25) is 0 Å². The van der Waals surface area contributed by atoms with E-state index in [9.17, 15) is 0 Å². The van der Waals surface area contributed by atoms with Crippen molar-refractivity contribution in [2.75, 3.05) is 0 Å². The first-order chi connectivity index (χ1) is 7.72. The zero-order valence-corrected chi connectivity index (χ0v) is 11.2. The van der Waals surface area contributed by atoms with Gasteiger partial charge >= 0.3 is 0 Å². The Kier molecular flexibility index (Phi) is 7.06. The fourth-order valence-electron chi connectivity index (χ4n) is 2.36. The van der Waals surface area contributed by atoms with Crippen LogP contribution in [0.5, 0.6) is 0 Å². The van der Waals surface area contributed by atoms with Crippen molar-refractivity contribution in [1.82, 2.24) is 0 Å². The lowest BCUT2D eigenvalue weighted by molar-refractivity contribution is -0.236. The van der Waals surface area contributed by atoms with E-state index in [0.717, 1.165) is 12.8 Å². The van der Waals surface area contributed by atoms with E-state index in [4.69, 9.17) is 9.47 Å². The van der Waals surface area contributed by atoms with Gasteiger partial charge in [-0.1, -0.05) is 39.0 Å². The molecular formula is C14H28O2. The quantitative estimate of drug-likeness (QED) is 0.606. The lowest BCUT2D eigenvalue weighted by atomic mass is 10.1. The van der Waals surface area contributed by atoms with Crippen LogP contribution in [0.1, 0.15) is 72.1 Å². The van der Waals surface area contributed by atoms with Gasteiger partial charge in [0.25, 0.3) is 0 Å². The molecule has 96 valence electrons. The Morgan fingerprint density at radius 2 is 1.44 bits per heavy atom. The molecule has 0 spiro atoms. The molecule has 0 aromatic rings. The lowest BCUT2D eigenvalue weighted by Crippen LogP contribution is -2.35. The van der Waals surface area contributed by atoms with Crippen LogP contribution >= 0.6 is 0 Å². The van der Waals surface area contributed by atoms with Crippen molar-refractivity contribution < 1.29 is 9.47 Å². The minimum atomic E-state index is 0.0601. The molecule has 2 nitrogen and oxygen atoms in total. The van der Waals surface area contributed by atoms with E-state index in [1.165, 1.54) is 38.5 Å². The molecule has 0 aromatic heterocycles. The summed E-state index contributed by atoms with van der Waals surface area (Å²) in [6.45, 7) is 6.55. The van der Waals surface area contributed by atoms with Gasteiger partial charge in [-0.2, -0.15) is 0 Å². The molecule has 2 unspecified atom stereocenters. The summed E-state index contributed by atoms with van der Waals surface area (Å²) in [5.74, 6) is 0. The van der Waals surface area contributed by atoms with Gasteiger partial charge in [0.05, 0.1) is 12.2 Å². The van der Waals surface area contributed by atoms with Gasteiger partial charge < -0.3 is 9.47 Å². The van der Waals surface area contributed by atoms with E-state index in [-0.39, 0.29) is 6.29 Å². The standard InChI is InChI=1S/C14H28O2/c1-4-5-6-7-8-9-10-14-15-12(2)11-13(3)16-14/h12-14H,4-11H2,1-3H3. The molecule has 0 radical (unpaired) electrons. The average molecular weight is 228 g/mol. The van der Waals surface area contributed by atoms with Crippen LogP contribution in [0.3, 0.4) is 0 Å². The molecule has 0 aromatic carbocycles. The van der Waals surface area contributed by atoms with Gasteiger partial charge in [0, 0.05) is 0 Å². The van der Waals surface area contributed by atoms with Gasteiger partial charge in [-0.15, -0.1) is 0 Å². The highest BCUT2D eigenvalue weighted by molar-refractivity contribution is 4.65. The minimum absolute atomic E-state index is 0.0601. The molecule has 0 N–H and O–H groups in total. The molecule has 2 heteroatoms. The van der Waals surface area contributed by atoms with E-state index in [0.29, 0.717) is 12.2 Å². The Bertz CT molecular complexity index is 160. The first kappa shape index (κ1) is 14.0. The van der Waals surface area contributed by atoms with E-state index in [1.54, 1.807) is 0 Å². The van der Waals surface area contributed by atoms with Gasteiger partial charge in [-0.3, -0.25) is 0 Å². The average Bonchev–Trinajstić information content (AvgIpc) is 2.22. The summed E-state index contributed by atoms with van der Waals surface area (Å²) in [5.41, 5.74) is 0. The molecule has 1 rings (SSSR count). The molecule has 1 saturated heterocycles. The van der Waals surface area contributed by atoms with E-state index < -0.39 is 0 Å². The first-order valence-corrected chi connectivity index (χ1v) is 7.03. The Hall–Kier alpha value is -0.0800. The molecule has 0 saturated carbocycles. The second-order valence-corrected chi connectivity index (χ2v) is 5.12. The number of rotatable bonds is 7. The first-order valence-electron chi connectivity index (χ1n) is 7.03. The van der Waals surface area contributed by atoms with Gasteiger partial charge in [0.15, 0.2) is 6.29 Å². The zero-order valence-electron chi connectivity index (χ0n) is 11.2. The lowest BCUT2D eigenvalue weighted by Gasteiger charge is -2.32. The fraction of sp³-hybridized carbons (Fsp3) is 1.00. The Balaban J connectivity index is 1.99. The molecule has 0 amide bonds. The van der Waals surface area contributed by atoms with Gasteiger partial charge in [0.1, 0.15) is 0 Å². The van der Waals surface area contributed by atoms with Crippen molar-refractivity contribution in [3.05, 3.63) is 0 Å². The number of ether oxygens (including phenoxy) is 2. The number of hydrogen-bond donors (Lipinski definition) is 0. The molecular weight excluding hydrogens is 200 g/mol. The van der Waals surface area contributed by atoms with Crippen molar-refractivity contribution in [2.24, 2.45) is 0 Å². The normalized spacial score (nSPS) is 30.6.